The summed E-state index contributed by atoms with van der Waals surface area (Å²) in [6.45, 7) is 10.6. The second kappa shape index (κ2) is 8.19. The van der Waals surface area contributed by atoms with Crippen molar-refractivity contribution in [2.24, 2.45) is 11.1 Å². The van der Waals surface area contributed by atoms with Gasteiger partial charge in [-0.25, -0.2) is 0 Å². The van der Waals surface area contributed by atoms with E-state index >= 15 is 0 Å². The highest BCUT2D eigenvalue weighted by Crippen LogP contribution is 2.19. The van der Waals surface area contributed by atoms with Crippen LogP contribution in [0.4, 0.5) is 0 Å². The summed E-state index contributed by atoms with van der Waals surface area (Å²) in [7, 11) is 0. The molecule has 0 aromatic rings. The molecule has 0 saturated heterocycles. The second-order valence-corrected chi connectivity index (χ2v) is 5.85. The van der Waals surface area contributed by atoms with Crippen molar-refractivity contribution in [2.75, 3.05) is 0 Å². The van der Waals surface area contributed by atoms with Crippen LogP contribution in [-0.4, -0.2) is 23.6 Å². The van der Waals surface area contributed by atoms with E-state index in [9.17, 15) is 9.59 Å². The van der Waals surface area contributed by atoms with E-state index in [1.165, 1.54) is 0 Å². The Bertz CT molecular complexity index is 482. The predicted octanol–water partition coefficient (Wildman–Crippen LogP) is 2.10. The third-order valence-electron chi connectivity index (χ3n) is 2.83. The average Bonchev–Trinajstić information content (AvgIpc) is 2.37. The number of amides is 2. The lowest BCUT2D eigenvalue weighted by molar-refractivity contribution is -0.126. The maximum Gasteiger partial charge on any atom is 0.270 e. The van der Waals surface area contributed by atoms with Crippen LogP contribution >= 0.6 is 0 Å². The lowest BCUT2D eigenvalue weighted by Gasteiger charge is -2.28. The van der Waals surface area contributed by atoms with Crippen LogP contribution in [0, 0.1) is 10.8 Å². The Labute approximate surface area is 126 Å². The molecular formula is C16H25N3O2. The Morgan fingerprint density at radius 1 is 1.38 bits per heavy atom. The lowest BCUT2D eigenvalue weighted by Crippen LogP contribution is -2.53. The van der Waals surface area contributed by atoms with Gasteiger partial charge in [0.15, 0.2) is 0 Å². The predicted molar refractivity (Wildman–Crippen MR) is 86.0 cm³/mol. The number of nitrogens with two attached hydrogens (primary N) is 1. The Morgan fingerprint density at radius 2 is 1.95 bits per heavy atom. The Balaban J connectivity index is 4.89. The fourth-order valence-electron chi connectivity index (χ4n) is 1.57. The first-order chi connectivity index (χ1) is 9.61. The third-order valence-corrected chi connectivity index (χ3v) is 2.83. The maximum absolute atomic E-state index is 12.0. The molecule has 116 valence electrons. The van der Waals surface area contributed by atoms with E-state index in [4.69, 9.17) is 11.1 Å². The van der Waals surface area contributed by atoms with Crippen molar-refractivity contribution >= 4 is 17.5 Å². The molecule has 0 aromatic heterocycles. The van der Waals surface area contributed by atoms with E-state index in [1.54, 1.807) is 45.9 Å². The molecule has 0 fully saturated rings. The van der Waals surface area contributed by atoms with Gasteiger partial charge >= 0.3 is 0 Å². The first-order valence-corrected chi connectivity index (χ1v) is 6.74. The maximum atomic E-state index is 12.0. The molecule has 1 atom stereocenters. The molecular weight excluding hydrogens is 266 g/mol. The summed E-state index contributed by atoms with van der Waals surface area (Å²) >= 11 is 0. The van der Waals surface area contributed by atoms with Gasteiger partial charge in [-0.15, -0.1) is 6.58 Å². The minimum Gasteiger partial charge on any atom is -0.368 e. The van der Waals surface area contributed by atoms with Gasteiger partial charge in [0.05, 0.1) is 0 Å². The Hall–Kier alpha value is -2.17. The van der Waals surface area contributed by atoms with Crippen molar-refractivity contribution in [1.29, 1.82) is 5.41 Å². The summed E-state index contributed by atoms with van der Waals surface area (Å²) in [6.07, 6.45) is 7.76. The number of carbonyl (C=O) groups is 2. The molecule has 0 aliphatic carbocycles. The van der Waals surface area contributed by atoms with Gasteiger partial charge in [0.1, 0.15) is 11.8 Å². The Kier molecular flexibility index (Phi) is 7.35. The largest absolute Gasteiger partial charge is 0.368 e. The van der Waals surface area contributed by atoms with Gasteiger partial charge in [-0.3, -0.25) is 15.0 Å². The van der Waals surface area contributed by atoms with Crippen LogP contribution in [0.1, 0.15) is 34.1 Å². The monoisotopic (exact) mass is 291 g/mol. The summed E-state index contributed by atoms with van der Waals surface area (Å²) in [5.41, 5.74) is 5.11. The van der Waals surface area contributed by atoms with Crippen LogP contribution in [0.25, 0.3) is 0 Å². The molecule has 0 spiro atoms. The number of primary amides is 1. The van der Waals surface area contributed by atoms with Gasteiger partial charge in [0, 0.05) is 0 Å². The average molecular weight is 291 g/mol. The van der Waals surface area contributed by atoms with E-state index in [0.717, 1.165) is 6.42 Å². The summed E-state index contributed by atoms with van der Waals surface area (Å²) in [5.74, 6) is -1.23. The minimum absolute atomic E-state index is 0.186. The molecule has 0 heterocycles. The molecule has 0 rings (SSSR count). The van der Waals surface area contributed by atoms with Crippen LogP contribution in [0.5, 0.6) is 0 Å². The van der Waals surface area contributed by atoms with Crippen LogP contribution < -0.4 is 11.1 Å². The summed E-state index contributed by atoms with van der Waals surface area (Å²) in [4.78, 5) is 23.4. The zero-order chi connectivity index (χ0) is 16.6. The normalized spacial score (nSPS) is 13.8. The van der Waals surface area contributed by atoms with E-state index < -0.39 is 23.3 Å². The van der Waals surface area contributed by atoms with E-state index in [-0.39, 0.29) is 5.71 Å². The highest BCUT2D eigenvalue weighted by atomic mass is 16.2. The molecule has 2 amide bonds. The molecule has 4 N–H and O–H groups in total. The molecule has 0 aliphatic rings. The highest BCUT2D eigenvalue weighted by molar-refractivity contribution is 6.44. The van der Waals surface area contributed by atoms with Crippen LogP contribution in [0.3, 0.4) is 0 Å². The third kappa shape index (κ3) is 6.70. The number of allylic oxidation sites excluding steroid dienone is 4. The molecule has 0 radical (unpaired) electrons. The summed E-state index contributed by atoms with van der Waals surface area (Å²) in [6, 6.07) is -0.825. The van der Waals surface area contributed by atoms with Crippen LogP contribution in [0.2, 0.25) is 0 Å². The standard InChI is InChI=1S/C16H25N3O2/c1-6-7-8-9-10-11(2)12(17)15(21)19-13(14(18)20)16(3,4)5/h6,8-10,13,17H,1,7H2,2-5H3,(H2,18,20)(H,19,21)/b9-8-,11-10+,17-12?. The van der Waals surface area contributed by atoms with Gasteiger partial charge < -0.3 is 11.1 Å². The van der Waals surface area contributed by atoms with Gasteiger partial charge in [-0.2, -0.15) is 0 Å². The van der Waals surface area contributed by atoms with Gasteiger partial charge in [-0.1, -0.05) is 45.1 Å². The Morgan fingerprint density at radius 3 is 2.38 bits per heavy atom. The minimum atomic E-state index is -0.825. The number of hydrogen-bond donors (Lipinski definition) is 3. The smallest absolute Gasteiger partial charge is 0.270 e. The first kappa shape index (κ1) is 18.8. The highest BCUT2D eigenvalue weighted by Gasteiger charge is 2.31. The molecule has 0 saturated carbocycles. The van der Waals surface area contributed by atoms with E-state index in [1.807, 2.05) is 6.08 Å². The number of nitrogens with one attached hydrogen (secondary N) is 2. The van der Waals surface area contributed by atoms with Crippen molar-refractivity contribution in [1.82, 2.24) is 5.32 Å². The van der Waals surface area contributed by atoms with Crippen molar-refractivity contribution in [3.05, 3.63) is 36.5 Å². The molecule has 0 bridgehead atoms. The summed E-state index contributed by atoms with van der Waals surface area (Å²) < 4.78 is 0. The van der Waals surface area contributed by atoms with Crippen molar-refractivity contribution < 1.29 is 9.59 Å². The molecule has 0 aliphatic heterocycles. The summed E-state index contributed by atoms with van der Waals surface area (Å²) in [5, 5.41) is 10.4. The first-order valence-electron chi connectivity index (χ1n) is 6.74. The van der Waals surface area contributed by atoms with E-state index in [0.29, 0.717) is 5.57 Å². The topological polar surface area (TPSA) is 96.0 Å². The second-order valence-electron chi connectivity index (χ2n) is 5.85. The molecule has 21 heavy (non-hydrogen) atoms. The zero-order valence-corrected chi connectivity index (χ0v) is 13.2. The van der Waals surface area contributed by atoms with Gasteiger partial charge in [0.25, 0.3) is 5.91 Å². The molecule has 5 nitrogen and oxygen atoms in total. The number of rotatable bonds is 7. The van der Waals surface area contributed by atoms with E-state index in [2.05, 4.69) is 11.9 Å². The van der Waals surface area contributed by atoms with Crippen molar-refractivity contribution in [2.45, 2.75) is 40.2 Å². The van der Waals surface area contributed by atoms with Crippen molar-refractivity contribution in [3.63, 3.8) is 0 Å². The number of carbonyl (C=O) groups excluding carboxylic acids is 2. The van der Waals surface area contributed by atoms with Gasteiger partial charge in [0.2, 0.25) is 5.91 Å². The zero-order valence-electron chi connectivity index (χ0n) is 13.2. The molecule has 1 unspecified atom stereocenters. The fourth-order valence-corrected chi connectivity index (χ4v) is 1.57. The molecule has 5 heteroatoms. The SMILES string of the molecule is C=CC/C=C\C=C(/C)C(=N)C(=O)NC(C(N)=O)C(C)(C)C. The molecule has 0 aromatic carbocycles. The van der Waals surface area contributed by atoms with Gasteiger partial charge in [-0.05, 0) is 24.3 Å². The fraction of sp³-hybridized carbons (Fsp3) is 0.438. The number of hydrogen-bond acceptors (Lipinski definition) is 3. The van der Waals surface area contributed by atoms with Crippen molar-refractivity contribution in [3.8, 4) is 0 Å². The van der Waals surface area contributed by atoms with Crippen LogP contribution in [0.15, 0.2) is 36.5 Å². The lowest BCUT2D eigenvalue weighted by atomic mass is 9.86. The van der Waals surface area contributed by atoms with Crippen LogP contribution in [-0.2, 0) is 9.59 Å². The quantitative estimate of drug-likeness (QED) is 0.380.